The van der Waals surface area contributed by atoms with Crippen molar-refractivity contribution in [3.8, 4) is 0 Å². The number of hydrogen-bond acceptors (Lipinski definition) is 3. The number of carbonyl (C=O) groups is 2. The van der Waals surface area contributed by atoms with E-state index in [-0.39, 0.29) is 11.8 Å². The highest BCUT2D eigenvalue weighted by molar-refractivity contribution is 5.97. The summed E-state index contributed by atoms with van der Waals surface area (Å²) in [4.78, 5) is 25.6. The van der Waals surface area contributed by atoms with Gasteiger partial charge in [0.2, 0.25) is 5.91 Å². The van der Waals surface area contributed by atoms with Gasteiger partial charge in [-0.05, 0) is 55.5 Å². The van der Waals surface area contributed by atoms with Gasteiger partial charge in [0.05, 0.1) is 0 Å². The molecule has 5 heteroatoms. The van der Waals surface area contributed by atoms with Crippen LogP contribution in [0.2, 0.25) is 0 Å². The van der Waals surface area contributed by atoms with Crippen LogP contribution in [0.1, 0.15) is 53.1 Å². The van der Waals surface area contributed by atoms with E-state index in [2.05, 4.69) is 46.3 Å². The molecule has 0 aromatic heterocycles. The van der Waals surface area contributed by atoms with Gasteiger partial charge in [-0.3, -0.25) is 9.59 Å². The Kier molecular flexibility index (Phi) is 8.47. The number of unbranched alkanes of at least 4 members (excludes halogenated alkanes) is 1. The molecule has 0 radical (unpaired) electrons. The fourth-order valence-electron chi connectivity index (χ4n) is 4.26. The molecule has 3 N–H and O–H groups in total. The fourth-order valence-corrected chi connectivity index (χ4v) is 4.26. The minimum absolute atomic E-state index is 0.146. The third kappa shape index (κ3) is 7.03. The molecule has 1 fully saturated rings. The summed E-state index contributed by atoms with van der Waals surface area (Å²) in [6, 6.07) is 29.5. The molecule has 2 amide bonds. The molecule has 3 aromatic carbocycles. The van der Waals surface area contributed by atoms with Gasteiger partial charge in [0.1, 0.15) is 6.04 Å². The van der Waals surface area contributed by atoms with E-state index in [9.17, 15) is 9.59 Å². The highest BCUT2D eigenvalue weighted by Crippen LogP contribution is 2.40. The number of amides is 2. The highest BCUT2D eigenvalue weighted by Gasteiger charge is 2.37. The Morgan fingerprint density at radius 1 is 0.824 bits per heavy atom. The molecule has 0 unspecified atom stereocenters. The van der Waals surface area contributed by atoms with Crippen LogP contribution in [-0.2, 0) is 11.3 Å². The lowest BCUT2D eigenvalue weighted by molar-refractivity contribution is -0.123. The number of benzene rings is 3. The standard InChI is InChI=1S/C29H33N3O2/c33-28(24-16-8-3-9-17-24)32-26(29(34)31-21-22-12-4-1-5-13-22)18-10-11-19-30-27-20-25(27)23-14-6-2-7-15-23/h1-9,12-17,25-27,30H,10-11,18-21H2,(H,31,34)(H,32,33)/t25-,26-,27+/m0/s1. The second-order valence-corrected chi connectivity index (χ2v) is 8.90. The van der Waals surface area contributed by atoms with Crippen molar-refractivity contribution in [1.82, 2.24) is 16.0 Å². The summed E-state index contributed by atoms with van der Waals surface area (Å²) in [5.41, 5.74) is 3.00. The van der Waals surface area contributed by atoms with Crippen LogP contribution in [-0.4, -0.2) is 30.4 Å². The van der Waals surface area contributed by atoms with Gasteiger partial charge >= 0.3 is 0 Å². The summed E-state index contributed by atoms with van der Waals surface area (Å²) in [7, 11) is 0. The summed E-state index contributed by atoms with van der Waals surface area (Å²) < 4.78 is 0. The molecule has 3 aromatic rings. The predicted molar refractivity (Wildman–Crippen MR) is 135 cm³/mol. The number of carbonyl (C=O) groups excluding carboxylic acids is 2. The Bertz CT molecular complexity index is 1040. The quantitative estimate of drug-likeness (QED) is 0.354. The van der Waals surface area contributed by atoms with Gasteiger partial charge in [-0.2, -0.15) is 0 Å². The maximum absolute atomic E-state index is 12.9. The van der Waals surface area contributed by atoms with Gasteiger partial charge < -0.3 is 16.0 Å². The molecule has 1 saturated carbocycles. The Morgan fingerprint density at radius 3 is 2.18 bits per heavy atom. The van der Waals surface area contributed by atoms with Crippen LogP contribution in [0.4, 0.5) is 0 Å². The van der Waals surface area contributed by atoms with Crippen LogP contribution in [0.3, 0.4) is 0 Å². The third-order valence-corrected chi connectivity index (χ3v) is 6.31. The maximum atomic E-state index is 12.9. The van der Waals surface area contributed by atoms with Gasteiger partial charge in [0.25, 0.3) is 5.91 Å². The van der Waals surface area contributed by atoms with Crippen molar-refractivity contribution < 1.29 is 9.59 Å². The summed E-state index contributed by atoms with van der Waals surface area (Å²) in [5, 5.41) is 9.55. The van der Waals surface area contributed by atoms with Gasteiger partial charge in [-0.15, -0.1) is 0 Å². The summed E-state index contributed by atoms with van der Waals surface area (Å²) in [6.45, 7) is 1.36. The molecule has 0 spiro atoms. The van der Waals surface area contributed by atoms with Crippen LogP contribution < -0.4 is 16.0 Å². The van der Waals surface area contributed by atoms with E-state index >= 15 is 0 Å². The minimum Gasteiger partial charge on any atom is -0.350 e. The van der Waals surface area contributed by atoms with Crippen LogP contribution in [0, 0.1) is 0 Å². The van der Waals surface area contributed by atoms with Gasteiger partial charge in [-0.25, -0.2) is 0 Å². The average molecular weight is 456 g/mol. The molecule has 3 atom stereocenters. The van der Waals surface area contributed by atoms with Gasteiger partial charge in [-0.1, -0.05) is 78.9 Å². The first-order chi connectivity index (χ1) is 16.7. The van der Waals surface area contributed by atoms with E-state index in [1.807, 2.05) is 48.5 Å². The highest BCUT2D eigenvalue weighted by atomic mass is 16.2. The second-order valence-electron chi connectivity index (χ2n) is 8.90. The molecule has 34 heavy (non-hydrogen) atoms. The SMILES string of the molecule is O=C(N[C@@H](CCCCN[C@@H]1C[C@H]1c1ccccc1)C(=O)NCc1ccccc1)c1ccccc1. The smallest absolute Gasteiger partial charge is 0.251 e. The van der Waals surface area contributed by atoms with E-state index in [1.165, 1.54) is 12.0 Å². The van der Waals surface area contributed by atoms with Crippen molar-refractivity contribution in [3.05, 3.63) is 108 Å². The molecule has 1 aliphatic rings. The van der Waals surface area contributed by atoms with E-state index in [1.54, 1.807) is 12.1 Å². The fraction of sp³-hybridized carbons (Fsp3) is 0.310. The summed E-state index contributed by atoms with van der Waals surface area (Å²) in [6.07, 6.45) is 3.60. The van der Waals surface area contributed by atoms with E-state index in [0.717, 1.165) is 24.9 Å². The largest absolute Gasteiger partial charge is 0.350 e. The van der Waals surface area contributed by atoms with Gasteiger partial charge in [0.15, 0.2) is 0 Å². The van der Waals surface area contributed by atoms with Gasteiger partial charge in [0, 0.05) is 24.1 Å². The first-order valence-electron chi connectivity index (χ1n) is 12.2. The van der Waals surface area contributed by atoms with Crippen molar-refractivity contribution in [2.75, 3.05) is 6.54 Å². The molecule has 176 valence electrons. The van der Waals surface area contributed by atoms with Crippen molar-refractivity contribution >= 4 is 11.8 Å². The molecule has 0 heterocycles. The zero-order chi connectivity index (χ0) is 23.6. The first-order valence-corrected chi connectivity index (χ1v) is 12.2. The molecule has 0 bridgehead atoms. The minimum atomic E-state index is -0.561. The Labute approximate surface area is 202 Å². The van der Waals surface area contributed by atoms with Crippen molar-refractivity contribution in [2.45, 2.75) is 50.2 Å². The Hall–Kier alpha value is -3.44. The first kappa shape index (κ1) is 23.7. The van der Waals surface area contributed by atoms with Crippen molar-refractivity contribution in [3.63, 3.8) is 0 Å². The average Bonchev–Trinajstić information content (AvgIpc) is 3.67. The van der Waals surface area contributed by atoms with E-state index in [0.29, 0.717) is 30.5 Å². The zero-order valence-electron chi connectivity index (χ0n) is 19.5. The summed E-state index contributed by atoms with van der Waals surface area (Å²) in [5.74, 6) is 0.248. The number of nitrogens with one attached hydrogen (secondary N) is 3. The molecule has 0 aliphatic heterocycles. The van der Waals surface area contributed by atoms with Crippen LogP contribution in [0.25, 0.3) is 0 Å². The molecule has 1 aliphatic carbocycles. The molecule has 4 rings (SSSR count). The molecular formula is C29H33N3O2. The Balaban J connectivity index is 1.24. The lowest BCUT2D eigenvalue weighted by Crippen LogP contribution is -2.46. The second kappa shape index (κ2) is 12.1. The normalized spacial score (nSPS) is 17.5. The number of hydrogen-bond donors (Lipinski definition) is 3. The summed E-state index contributed by atoms with van der Waals surface area (Å²) >= 11 is 0. The lowest BCUT2D eigenvalue weighted by Gasteiger charge is -2.19. The van der Waals surface area contributed by atoms with E-state index in [4.69, 9.17) is 0 Å². The maximum Gasteiger partial charge on any atom is 0.251 e. The lowest BCUT2D eigenvalue weighted by atomic mass is 10.1. The zero-order valence-corrected chi connectivity index (χ0v) is 19.5. The van der Waals surface area contributed by atoms with Crippen molar-refractivity contribution in [1.29, 1.82) is 0 Å². The predicted octanol–water partition coefficient (Wildman–Crippen LogP) is 4.42. The number of rotatable bonds is 12. The third-order valence-electron chi connectivity index (χ3n) is 6.31. The van der Waals surface area contributed by atoms with E-state index < -0.39 is 6.04 Å². The molecule has 0 saturated heterocycles. The monoisotopic (exact) mass is 455 g/mol. The van der Waals surface area contributed by atoms with Crippen LogP contribution in [0.15, 0.2) is 91.0 Å². The topological polar surface area (TPSA) is 70.2 Å². The van der Waals surface area contributed by atoms with Crippen molar-refractivity contribution in [2.24, 2.45) is 0 Å². The van der Waals surface area contributed by atoms with Crippen LogP contribution >= 0.6 is 0 Å². The Morgan fingerprint density at radius 2 is 1.47 bits per heavy atom. The van der Waals surface area contributed by atoms with Crippen LogP contribution in [0.5, 0.6) is 0 Å². The molecular weight excluding hydrogens is 422 g/mol. The molecule has 5 nitrogen and oxygen atoms in total.